The molecule has 2 aliphatic rings. The van der Waals surface area contributed by atoms with E-state index in [1.54, 1.807) is 11.3 Å². The number of hydrogen-bond donors (Lipinski definition) is 1. The summed E-state index contributed by atoms with van der Waals surface area (Å²) in [6.07, 6.45) is 6.65. The molecule has 0 amide bonds. The predicted molar refractivity (Wildman–Crippen MR) is 120 cm³/mol. The Morgan fingerprint density at radius 3 is 2.59 bits per heavy atom. The van der Waals surface area contributed by atoms with Crippen molar-refractivity contribution in [2.75, 3.05) is 0 Å². The van der Waals surface area contributed by atoms with Crippen molar-refractivity contribution in [3.63, 3.8) is 0 Å². The van der Waals surface area contributed by atoms with Gasteiger partial charge in [-0.1, -0.05) is 60.6 Å². The topological polar surface area (TPSA) is 49.9 Å². The zero-order valence-electron chi connectivity index (χ0n) is 16.4. The van der Waals surface area contributed by atoms with Gasteiger partial charge in [-0.05, 0) is 44.0 Å². The van der Waals surface area contributed by atoms with Crippen LogP contribution in [0.1, 0.15) is 49.1 Å². The number of rotatable bonds is 3. The van der Waals surface area contributed by atoms with E-state index in [0.29, 0.717) is 11.9 Å². The van der Waals surface area contributed by atoms with Crippen molar-refractivity contribution in [1.82, 2.24) is 4.57 Å². The second-order valence-corrected chi connectivity index (χ2v) is 8.61. The predicted octanol–water partition coefficient (Wildman–Crippen LogP) is 6.25. The number of nitrogens with zero attached hydrogens (tertiary/aromatic N) is 3. The summed E-state index contributed by atoms with van der Waals surface area (Å²) in [5.74, 6) is 0.321. The van der Waals surface area contributed by atoms with Crippen molar-refractivity contribution in [1.29, 1.82) is 0 Å². The van der Waals surface area contributed by atoms with Crippen molar-refractivity contribution in [2.24, 2.45) is 9.98 Å². The van der Waals surface area contributed by atoms with Crippen LogP contribution >= 0.6 is 11.3 Å². The molecule has 0 radical (unpaired) electrons. The first-order valence-corrected chi connectivity index (χ1v) is 10.9. The van der Waals surface area contributed by atoms with Gasteiger partial charge in [-0.15, -0.1) is 0 Å². The summed E-state index contributed by atoms with van der Waals surface area (Å²) < 4.78 is 2.05. The number of aliphatic imine (C=N–C) groups is 1. The highest BCUT2D eigenvalue weighted by atomic mass is 32.1. The van der Waals surface area contributed by atoms with Gasteiger partial charge in [0.05, 0.1) is 16.3 Å². The fourth-order valence-corrected chi connectivity index (χ4v) is 5.27. The molecular formula is C24H23N3OS. The number of para-hydroxylation sites is 2. The van der Waals surface area contributed by atoms with Crippen LogP contribution in [0.5, 0.6) is 5.88 Å². The Bertz CT molecular complexity index is 1180. The maximum Gasteiger partial charge on any atom is 0.211 e. The number of aromatic hydroxyl groups is 1. The number of aromatic nitrogens is 1. The largest absolute Gasteiger partial charge is 0.493 e. The first-order valence-electron chi connectivity index (χ1n) is 10.1. The van der Waals surface area contributed by atoms with Crippen LogP contribution in [0, 0.1) is 0 Å². The van der Waals surface area contributed by atoms with Crippen LogP contribution in [0.15, 0.2) is 64.6 Å². The zero-order valence-corrected chi connectivity index (χ0v) is 17.2. The number of benzene rings is 2. The molecule has 146 valence electrons. The minimum absolute atomic E-state index is 0.312. The average Bonchev–Trinajstić information content (AvgIpc) is 3.43. The molecule has 5 rings (SSSR count). The molecule has 4 nitrogen and oxygen atoms in total. The molecule has 1 aliphatic carbocycles. The molecule has 29 heavy (non-hydrogen) atoms. The molecule has 5 heteroatoms. The highest BCUT2D eigenvalue weighted by molar-refractivity contribution is 7.10. The van der Waals surface area contributed by atoms with Crippen LogP contribution in [0.25, 0.3) is 11.6 Å². The Hall–Kier alpha value is -2.92. The Labute approximate surface area is 174 Å². The normalized spacial score (nSPS) is 18.4. The quantitative estimate of drug-likeness (QED) is 0.554. The van der Waals surface area contributed by atoms with E-state index in [2.05, 4.69) is 17.1 Å². The van der Waals surface area contributed by atoms with Gasteiger partial charge < -0.3 is 5.11 Å². The lowest BCUT2D eigenvalue weighted by molar-refractivity contribution is 0.375. The van der Waals surface area contributed by atoms with E-state index in [4.69, 9.17) is 4.99 Å². The Kier molecular flexibility index (Phi) is 4.68. The first-order chi connectivity index (χ1) is 14.2. The van der Waals surface area contributed by atoms with Gasteiger partial charge in [0.2, 0.25) is 5.88 Å². The molecule has 2 aromatic carbocycles. The molecule has 3 aromatic rings. The summed E-state index contributed by atoms with van der Waals surface area (Å²) in [6, 6.07) is 18.4. The third-order valence-corrected chi connectivity index (χ3v) is 6.67. The van der Waals surface area contributed by atoms with E-state index in [1.807, 2.05) is 60.0 Å². The second-order valence-electron chi connectivity index (χ2n) is 7.60. The van der Waals surface area contributed by atoms with Crippen LogP contribution in [0.3, 0.4) is 0 Å². The van der Waals surface area contributed by atoms with Gasteiger partial charge in [-0.25, -0.2) is 4.99 Å². The number of fused-ring (bicyclic) bond motifs is 1. The molecule has 0 bridgehead atoms. The maximum atomic E-state index is 11.2. The van der Waals surface area contributed by atoms with Crippen molar-refractivity contribution >= 4 is 40.1 Å². The molecule has 1 saturated carbocycles. The summed E-state index contributed by atoms with van der Waals surface area (Å²) in [6.45, 7) is 2.02. The van der Waals surface area contributed by atoms with Crippen molar-refractivity contribution in [3.8, 4) is 5.88 Å². The first kappa shape index (κ1) is 18.1. The van der Waals surface area contributed by atoms with E-state index < -0.39 is 0 Å². The average molecular weight is 402 g/mol. The van der Waals surface area contributed by atoms with Gasteiger partial charge in [-0.3, -0.25) is 9.56 Å². The summed E-state index contributed by atoms with van der Waals surface area (Å²) in [5, 5.41) is 11.2. The zero-order chi connectivity index (χ0) is 19.8. The van der Waals surface area contributed by atoms with Crippen LogP contribution < -0.4 is 4.80 Å². The molecule has 1 fully saturated rings. The third-order valence-electron chi connectivity index (χ3n) is 5.67. The molecule has 0 atom stereocenters. The Morgan fingerprint density at radius 1 is 1.07 bits per heavy atom. The maximum absolute atomic E-state index is 11.2. The number of hydrogen-bond acceptors (Lipinski definition) is 4. The van der Waals surface area contributed by atoms with Crippen LogP contribution in [-0.4, -0.2) is 15.4 Å². The lowest BCUT2D eigenvalue weighted by atomic mass is 10.0. The summed E-state index contributed by atoms with van der Waals surface area (Å²) in [7, 11) is 0. The summed E-state index contributed by atoms with van der Waals surface area (Å²) in [4.78, 5) is 11.2. The highest BCUT2D eigenvalue weighted by Crippen LogP contribution is 2.39. The van der Waals surface area contributed by atoms with Gasteiger partial charge in [0.25, 0.3) is 0 Å². The lowest BCUT2D eigenvalue weighted by Crippen LogP contribution is -2.18. The fourth-order valence-electron chi connectivity index (χ4n) is 4.23. The second kappa shape index (κ2) is 7.48. The van der Waals surface area contributed by atoms with Gasteiger partial charge in [-0.2, -0.15) is 0 Å². The molecule has 0 spiro atoms. The van der Waals surface area contributed by atoms with E-state index in [0.717, 1.165) is 50.7 Å². The number of allylic oxidation sites excluding steroid dienone is 1. The minimum Gasteiger partial charge on any atom is -0.493 e. The van der Waals surface area contributed by atoms with Crippen LogP contribution in [0.2, 0.25) is 0 Å². The summed E-state index contributed by atoms with van der Waals surface area (Å²) >= 11 is 1.55. The van der Waals surface area contributed by atoms with E-state index >= 15 is 0 Å². The van der Waals surface area contributed by atoms with Crippen molar-refractivity contribution < 1.29 is 5.11 Å². The molecule has 0 saturated heterocycles. The highest BCUT2D eigenvalue weighted by Gasteiger charge is 2.24. The lowest BCUT2D eigenvalue weighted by Gasteiger charge is -2.12. The molecule has 1 aromatic heterocycles. The summed E-state index contributed by atoms with van der Waals surface area (Å²) in [5.41, 5.74) is 5.07. The van der Waals surface area contributed by atoms with Crippen molar-refractivity contribution in [2.45, 2.75) is 38.6 Å². The molecule has 2 heterocycles. The molecule has 0 unspecified atom stereocenters. The van der Waals surface area contributed by atoms with E-state index in [1.165, 1.54) is 12.8 Å². The van der Waals surface area contributed by atoms with Gasteiger partial charge >= 0.3 is 0 Å². The van der Waals surface area contributed by atoms with Crippen molar-refractivity contribution in [3.05, 3.63) is 69.8 Å². The number of thiazole rings is 1. The molecule has 1 aliphatic heterocycles. The molecule has 1 N–H and O–H groups in total. The van der Waals surface area contributed by atoms with Gasteiger partial charge in [0.15, 0.2) is 4.80 Å². The van der Waals surface area contributed by atoms with Crippen LogP contribution in [-0.2, 0) is 0 Å². The van der Waals surface area contributed by atoms with Gasteiger partial charge in [0.1, 0.15) is 0 Å². The third kappa shape index (κ3) is 3.36. The minimum atomic E-state index is 0.312. The molecular weight excluding hydrogens is 378 g/mol. The fraction of sp³-hybridized carbons (Fsp3) is 0.250. The van der Waals surface area contributed by atoms with E-state index in [-0.39, 0.29) is 0 Å². The van der Waals surface area contributed by atoms with Gasteiger partial charge in [0, 0.05) is 22.9 Å². The van der Waals surface area contributed by atoms with E-state index in [9.17, 15) is 5.11 Å². The smallest absolute Gasteiger partial charge is 0.211 e. The standard InChI is InChI=1S/C24H23N3OS/c1-16-20(19-13-7-8-14-21(19)25-16)15-22-23(28)27(18-11-5-6-12-18)24(29-22)26-17-9-3-2-4-10-17/h2-4,7-10,13-15,18,28H,5-6,11-12H2,1H3/b20-15-,26-24?. The monoisotopic (exact) mass is 401 g/mol. The SMILES string of the molecule is CC1=Nc2ccccc2/C1=C\c1sc(=Nc2ccccc2)n(C2CCCC2)c1O. The Morgan fingerprint density at radius 2 is 1.79 bits per heavy atom. The van der Waals surface area contributed by atoms with Crippen LogP contribution in [0.4, 0.5) is 11.4 Å². The Balaban J connectivity index is 1.66.